The van der Waals surface area contributed by atoms with E-state index >= 15 is 0 Å². The summed E-state index contributed by atoms with van der Waals surface area (Å²) in [5.74, 6) is -1.96. The molecule has 0 aliphatic carbocycles. The third kappa shape index (κ3) is 4.78. The van der Waals surface area contributed by atoms with Crippen LogP contribution in [0.2, 0.25) is 5.02 Å². The number of alkyl halides is 3. The van der Waals surface area contributed by atoms with E-state index in [1.165, 1.54) is 33.7 Å². The van der Waals surface area contributed by atoms with E-state index in [0.717, 1.165) is 24.4 Å². The zero-order valence-corrected chi connectivity index (χ0v) is 18.5. The molecule has 0 saturated carbocycles. The molecule has 2 aromatic carbocycles. The summed E-state index contributed by atoms with van der Waals surface area (Å²) >= 11 is 5.87. The number of pyridine rings is 1. The number of aryl methyl sites for hydroxylation is 1. The van der Waals surface area contributed by atoms with Crippen LogP contribution in [0.25, 0.3) is 10.9 Å². The van der Waals surface area contributed by atoms with Crippen LogP contribution in [0.3, 0.4) is 0 Å². The number of carboxylic acids is 1. The lowest BCUT2D eigenvalue weighted by Crippen LogP contribution is -2.20. The number of nitrogens with zero attached hydrogens (tertiary/aromatic N) is 5. The van der Waals surface area contributed by atoms with E-state index in [0.29, 0.717) is 0 Å². The number of carboxylic acid groups (broad SMARTS) is 1. The minimum Gasteiger partial charge on any atom is -0.477 e. The van der Waals surface area contributed by atoms with Crippen LogP contribution in [0.1, 0.15) is 33.1 Å². The highest BCUT2D eigenvalue weighted by Gasteiger charge is 2.30. The van der Waals surface area contributed by atoms with Crippen LogP contribution in [0.5, 0.6) is 0 Å². The summed E-state index contributed by atoms with van der Waals surface area (Å²) in [6, 6.07) is 6.56. The highest BCUT2D eigenvalue weighted by molar-refractivity contribution is 6.31. The molecular formula is C22H14ClF4N5O3. The molecule has 0 amide bonds. The molecule has 2 aromatic heterocycles. The highest BCUT2D eigenvalue weighted by Crippen LogP contribution is 2.29. The van der Waals surface area contributed by atoms with Crippen molar-refractivity contribution in [2.75, 3.05) is 0 Å². The first-order valence-corrected chi connectivity index (χ1v) is 10.2. The normalized spacial score (nSPS) is 12.1. The van der Waals surface area contributed by atoms with Crippen LogP contribution >= 0.6 is 11.6 Å². The van der Waals surface area contributed by atoms with Gasteiger partial charge in [0.15, 0.2) is 11.6 Å². The molecule has 0 spiro atoms. The number of aromatic carboxylic acids is 1. The van der Waals surface area contributed by atoms with E-state index in [-0.39, 0.29) is 39.7 Å². The van der Waals surface area contributed by atoms with Crippen molar-refractivity contribution in [2.45, 2.75) is 19.6 Å². The van der Waals surface area contributed by atoms with E-state index < -0.39 is 34.5 Å². The average Bonchev–Trinajstić information content (AvgIpc) is 3.14. The van der Waals surface area contributed by atoms with Crippen molar-refractivity contribution in [1.29, 1.82) is 0 Å². The van der Waals surface area contributed by atoms with Crippen LogP contribution in [0.15, 0.2) is 52.5 Å². The van der Waals surface area contributed by atoms with E-state index in [1.807, 2.05) is 0 Å². The molecule has 180 valence electrons. The minimum atomic E-state index is -4.52. The molecule has 0 fully saturated rings. The van der Waals surface area contributed by atoms with Crippen LogP contribution in [-0.2, 0) is 12.7 Å². The number of carbonyl (C=O) groups is 1. The molecule has 0 unspecified atom stereocenters. The van der Waals surface area contributed by atoms with Gasteiger partial charge in [0.2, 0.25) is 5.43 Å². The van der Waals surface area contributed by atoms with Gasteiger partial charge in [-0.1, -0.05) is 23.7 Å². The van der Waals surface area contributed by atoms with Crippen molar-refractivity contribution in [1.82, 2.24) is 19.4 Å². The topological polar surface area (TPSA) is 102 Å². The lowest BCUT2D eigenvalue weighted by Gasteiger charge is -2.13. The van der Waals surface area contributed by atoms with Gasteiger partial charge in [-0.15, -0.1) is 10.2 Å². The highest BCUT2D eigenvalue weighted by atomic mass is 35.5. The summed E-state index contributed by atoms with van der Waals surface area (Å²) in [6.45, 7) is 1.39. The molecule has 8 nitrogen and oxygen atoms in total. The number of fused-ring (bicyclic) bond motifs is 1. The van der Waals surface area contributed by atoms with E-state index in [4.69, 9.17) is 11.6 Å². The molecule has 0 bridgehead atoms. The molecule has 1 N–H and O–H groups in total. The average molecular weight is 508 g/mol. The molecule has 0 radical (unpaired) electrons. The van der Waals surface area contributed by atoms with E-state index in [9.17, 15) is 32.3 Å². The van der Waals surface area contributed by atoms with Gasteiger partial charge in [0.1, 0.15) is 11.4 Å². The van der Waals surface area contributed by atoms with Crippen molar-refractivity contribution >= 4 is 34.7 Å². The molecule has 2 heterocycles. The van der Waals surface area contributed by atoms with Crippen molar-refractivity contribution in [2.24, 2.45) is 5.10 Å². The Morgan fingerprint density at radius 3 is 2.66 bits per heavy atom. The Kier molecular flexibility index (Phi) is 6.15. The quantitative estimate of drug-likeness (QED) is 0.320. The van der Waals surface area contributed by atoms with Crippen molar-refractivity contribution in [3.05, 3.63) is 92.0 Å². The predicted molar refractivity (Wildman–Crippen MR) is 118 cm³/mol. The Balaban J connectivity index is 1.78. The SMILES string of the molecule is Cc1nnc(Cn2cc(C(=O)O)c(=O)c3cc(F)c(Cl)cc32)n1/N=C/c1cccc(C(F)(F)F)c1. The first-order valence-electron chi connectivity index (χ1n) is 9.83. The van der Waals surface area contributed by atoms with E-state index in [1.54, 1.807) is 6.92 Å². The molecule has 4 aromatic rings. The lowest BCUT2D eigenvalue weighted by molar-refractivity contribution is -0.137. The van der Waals surface area contributed by atoms with Gasteiger partial charge in [0.25, 0.3) is 0 Å². The second-order valence-corrected chi connectivity index (χ2v) is 7.84. The number of halogens is 5. The summed E-state index contributed by atoms with van der Waals surface area (Å²) in [5, 5.41) is 21.0. The van der Waals surface area contributed by atoms with Crippen LogP contribution in [0.4, 0.5) is 17.6 Å². The van der Waals surface area contributed by atoms with Crippen molar-refractivity contribution < 1.29 is 27.5 Å². The Hall–Kier alpha value is -4.06. The second-order valence-electron chi connectivity index (χ2n) is 7.43. The minimum absolute atomic E-state index is 0.139. The zero-order valence-electron chi connectivity index (χ0n) is 17.7. The zero-order chi connectivity index (χ0) is 25.5. The first kappa shape index (κ1) is 24.1. The number of hydrogen-bond donors (Lipinski definition) is 1. The fourth-order valence-electron chi connectivity index (χ4n) is 3.39. The summed E-state index contributed by atoms with van der Waals surface area (Å²) in [4.78, 5) is 24.1. The first-order chi connectivity index (χ1) is 16.5. The molecule has 4 rings (SSSR count). The van der Waals surface area contributed by atoms with Gasteiger partial charge in [-0.05, 0) is 36.8 Å². The van der Waals surface area contributed by atoms with Crippen LogP contribution in [0, 0.1) is 12.7 Å². The lowest BCUT2D eigenvalue weighted by atomic mass is 10.1. The maximum absolute atomic E-state index is 14.0. The number of hydrogen-bond acceptors (Lipinski definition) is 5. The monoisotopic (exact) mass is 507 g/mol. The largest absolute Gasteiger partial charge is 0.477 e. The Labute approximate surface area is 198 Å². The third-order valence-electron chi connectivity index (χ3n) is 5.06. The van der Waals surface area contributed by atoms with Crippen LogP contribution in [-0.4, -0.2) is 36.7 Å². The fourth-order valence-corrected chi connectivity index (χ4v) is 3.55. The van der Waals surface area contributed by atoms with Gasteiger partial charge < -0.3 is 9.67 Å². The van der Waals surface area contributed by atoms with Gasteiger partial charge in [0.05, 0.1) is 28.9 Å². The number of aromatic nitrogens is 4. The smallest absolute Gasteiger partial charge is 0.416 e. The summed E-state index contributed by atoms with van der Waals surface area (Å²) in [5.41, 5.74) is -2.02. The molecular weight excluding hydrogens is 494 g/mol. The number of benzene rings is 2. The summed E-state index contributed by atoms with van der Waals surface area (Å²) < 4.78 is 55.5. The fraction of sp³-hybridized carbons (Fsp3) is 0.136. The van der Waals surface area contributed by atoms with Gasteiger partial charge in [-0.2, -0.15) is 22.9 Å². The second kappa shape index (κ2) is 8.95. The van der Waals surface area contributed by atoms with Crippen molar-refractivity contribution in [3.63, 3.8) is 0 Å². The van der Waals surface area contributed by atoms with Crippen LogP contribution < -0.4 is 5.43 Å². The molecule has 0 atom stereocenters. The van der Waals surface area contributed by atoms with E-state index in [2.05, 4.69) is 15.3 Å². The molecule has 13 heteroatoms. The maximum atomic E-state index is 14.0. The molecule has 35 heavy (non-hydrogen) atoms. The Bertz CT molecular complexity index is 1560. The van der Waals surface area contributed by atoms with Gasteiger partial charge >= 0.3 is 12.1 Å². The standard InChI is InChI=1S/C22H14ClF4N5O3/c1-11-29-30-19(32(11)28-8-12-3-2-4-13(5-12)22(25,26)27)10-31-9-15(21(34)35)20(33)14-6-17(24)16(23)7-18(14)31/h2-9H,10H2,1H3,(H,34,35)/b28-8+. The van der Waals surface area contributed by atoms with Crippen molar-refractivity contribution in [3.8, 4) is 0 Å². The third-order valence-corrected chi connectivity index (χ3v) is 5.35. The predicted octanol–water partition coefficient (Wildman–Crippen LogP) is 4.34. The summed E-state index contributed by atoms with van der Waals surface area (Å²) in [6.07, 6.45) is -2.27. The molecule has 0 saturated heterocycles. The van der Waals surface area contributed by atoms with Gasteiger partial charge in [0, 0.05) is 11.6 Å². The summed E-state index contributed by atoms with van der Waals surface area (Å²) in [7, 11) is 0. The van der Waals surface area contributed by atoms with Gasteiger partial charge in [-0.3, -0.25) is 4.79 Å². The molecule has 0 aliphatic heterocycles. The Morgan fingerprint density at radius 2 is 1.97 bits per heavy atom. The Morgan fingerprint density at radius 1 is 1.23 bits per heavy atom. The maximum Gasteiger partial charge on any atom is 0.416 e. The van der Waals surface area contributed by atoms with Gasteiger partial charge in [-0.25, -0.2) is 9.18 Å². The number of rotatable bonds is 5. The molecule has 0 aliphatic rings.